The van der Waals surface area contributed by atoms with E-state index in [0.29, 0.717) is 0 Å². The molecule has 0 aliphatic rings. The highest BCUT2D eigenvalue weighted by molar-refractivity contribution is 5.99. The van der Waals surface area contributed by atoms with E-state index in [1.807, 2.05) is 70.2 Å². The van der Waals surface area contributed by atoms with Gasteiger partial charge in [0.15, 0.2) is 5.78 Å². The minimum absolute atomic E-state index is 0.0226. The number of Topliss-reactive ketones (excluding diaryl/α,β-unsaturated/α-hetero) is 1. The standard InChI is InChI=1S/C26H31N3O2/c1-18-10-9-13-24(20(18)3)27-26(31)17-28(5)16-25(30)23-14-19(2)29(21(23)4)15-22-11-7-6-8-12-22/h6-14H,15-17H2,1-5H3,(H,27,31). The molecule has 0 aliphatic carbocycles. The predicted molar refractivity (Wildman–Crippen MR) is 126 cm³/mol. The number of likely N-dealkylation sites (N-methyl/N-ethyl adjacent to an activating group) is 1. The van der Waals surface area contributed by atoms with Gasteiger partial charge in [-0.25, -0.2) is 0 Å². The predicted octanol–water partition coefficient (Wildman–Crippen LogP) is 4.52. The number of carbonyl (C=O) groups excluding carboxylic acids is 2. The van der Waals surface area contributed by atoms with Crippen LogP contribution in [0.1, 0.15) is 38.4 Å². The molecule has 1 amide bonds. The molecule has 1 aromatic heterocycles. The average molecular weight is 418 g/mol. The summed E-state index contributed by atoms with van der Waals surface area (Å²) in [6, 6.07) is 18.0. The molecule has 31 heavy (non-hydrogen) atoms. The van der Waals surface area contributed by atoms with Gasteiger partial charge in [-0.3, -0.25) is 14.5 Å². The molecule has 162 valence electrons. The van der Waals surface area contributed by atoms with Gasteiger partial charge < -0.3 is 9.88 Å². The number of amides is 1. The number of carbonyl (C=O) groups is 2. The number of nitrogens with zero attached hydrogens (tertiary/aromatic N) is 2. The van der Waals surface area contributed by atoms with E-state index in [2.05, 4.69) is 22.0 Å². The van der Waals surface area contributed by atoms with Gasteiger partial charge in [-0.15, -0.1) is 0 Å². The van der Waals surface area contributed by atoms with Crippen LogP contribution in [-0.2, 0) is 11.3 Å². The molecule has 0 atom stereocenters. The van der Waals surface area contributed by atoms with Crippen molar-refractivity contribution in [1.29, 1.82) is 0 Å². The van der Waals surface area contributed by atoms with Crippen molar-refractivity contribution in [3.63, 3.8) is 0 Å². The van der Waals surface area contributed by atoms with Gasteiger partial charge in [0.05, 0.1) is 13.1 Å². The lowest BCUT2D eigenvalue weighted by molar-refractivity contribution is -0.116. The van der Waals surface area contributed by atoms with Crippen LogP contribution in [0.4, 0.5) is 5.69 Å². The highest BCUT2D eigenvalue weighted by Crippen LogP contribution is 2.19. The lowest BCUT2D eigenvalue weighted by atomic mass is 10.1. The van der Waals surface area contributed by atoms with E-state index in [1.54, 1.807) is 11.9 Å². The first-order valence-electron chi connectivity index (χ1n) is 10.5. The lowest BCUT2D eigenvalue weighted by Gasteiger charge is -2.17. The summed E-state index contributed by atoms with van der Waals surface area (Å²) in [4.78, 5) is 27.2. The van der Waals surface area contributed by atoms with Gasteiger partial charge in [-0.05, 0) is 63.6 Å². The van der Waals surface area contributed by atoms with Crippen molar-refractivity contribution in [3.05, 3.63) is 88.2 Å². The number of nitrogens with one attached hydrogen (secondary N) is 1. The fraction of sp³-hybridized carbons (Fsp3) is 0.308. The zero-order valence-corrected chi connectivity index (χ0v) is 19.0. The van der Waals surface area contributed by atoms with Crippen LogP contribution in [-0.4, -0.2) is 41.3 Å². The number of ketones is 1. The zero-order chi connectivity index (χ0) is 22.5. The Kier molecular flexibility index (Phi) is 7.08. The van der Waals surface area contributed by atoms with Gasteiger partial charge in [0.2, 0.25) is 5.91 Å². The van der Waals surface area contributed by atoms with E-state index in [-0.39, 0.29) is 24.8 Å². The van der Waals surface area contributed by atoms with Crippen LogP contribution in [0.5, 0.6) is 0 Å². The van der Waals surface area contributed by atoms with Crippen molar-refractivity contribution in [3.8, 4) is 0 Å². The van der Waals surface area contributed by atoms with E-state index < -0.39 is 0 Å². The van der Waals surface area contributed by atoms with E-state index in [1.165, 1.54) is 5.56 Å². The number of hydrogen-bond donors (Lipinski definition) is 1. The summed E-state index contributed by atoms with van der Waals surface area (Å²) in [7, 11) is 1.80. The summed E-state index contributed by atoms with van der Waals surface area (Å²) in [6.45, 7) is 9.09. The number of anilines is 1. The largest absolute Gasteiger partial charge is 0.344 e. The van der Waals surface area contributed by atoms with Crippen molar-refractivity contribution >= 4 is 17.4 Å². The molecule has 5 nitrogen and oxygen atoms in total. The van der Waals surface area contributed by atoms with Gasteiger partial charge in [0.25, 0.3) is 0 Å². The van der Waals surface area contributed by atoms with Crippen molar-refractivity contribution in [1.82, 2.24) is 9.47 Å². The smallest absolute Gasteiger partial charge is 0.238 e. The van der Waals surface area contributed by atoms with Crippen LogP contribution in [0.15, 0.2) is 54.6 Å². The summed E-state index contributed by atoms with van der Waals surface area (Å²) in [5.74, 6) is -0.104. The van der Waals surface area contributed by atoms with Crippen molar-refractivity contribution in [2.75, 3.05) is 25.5 Å². The molecule has 0 saturated heterocycles. The molecule has 0 bridgehead atoms. The fourth-order valence-corrected chi connectivity index (χ4v) is 3.80. The summed E-state index contributed by atoms with van der Waals surface area (Å²) in [5, 5.41) is 2.95. The molecule has 3 rings (SSSR count). The number of rotatable bonds is 8. The minimum Gasteiger partial charge on any atom is -0.344 e. The summed E-state index contributed by atoms with van der Waals surface area (Å²) in [6.07, 6.45) is 0. The lowest BCUT2D eigenvalue weighted by Crippen LogP contribution is -2.34. The zero-order valence-electron chi connectivity index (χ0n) is 19.0. The summed E-state index contributed by atoms with van der Waals surface area (Å²) in [5.41, 5.74) is 6.93. The highest BCUT2D eigenvalue weighted by atomic mass is 16.2. The Morgan fingerprint density at radius 1 is 0.935 bits per heavy atom. The first-order valence-corrected chi connectivity index (χ1v) is 10.5. The molecule has 0 spiro atoms. The van der Waals surface area contributed by atoms with Crippen LogP contribution in [0.2, 0.25) is 0 Å². The molecule has 0 unspecified atom stereocenters. The van der Waals surface area contributed by atoms with Gasteiger partial charge in [-0.2, -0.15) is 0 Å². The molecular weight excluding hydrogens is 386 g/mol. The Morgan fingerprint density at radius 3 is 2.35 bits per heavy atom. The Labute approximate surface area is 184 Å². The Bertz CT molecular complexity index is 1080. The normalized spacial score (nSPS) is 11.0. The maximum Gasteiger partial charge on any atom is 0.238 e. The van der Waals surface area contributed by atoms with Crippen LogP contribution >= 0.6 is 0 Å². The first kappa shape index (κ1) is 22.5. The van der Waals surface area contributed by atoms with Crippen molar-refractivity contribution in [2.24, 2.45) is 0 Å². The molecule has 0 saturated carbocycles. The Morgan fingerprint density at radius 2 is 1.65 bits per heavy atom. The van der Waals surface area contributed by atoms with Crippen molar-refractivity contribution in [2.45, 2.75) is 34.2 Å². The average Bonchev–Trinajstić information content (AvgIpc) is 3.00. The van der Waals surface area contributed by atoms with E-state index >= 15 is 0 Å². The van der Waals surface area contributed by atoms with Crippen LogP contribution in [0.25, 0.3) is 0 Å². The quantitative estimate of drug-likeness (QED) is 0.548. The third-order valence-corrected chi connectivity index (χ3v) is 5.76. The third-order valence-electron chi connectivity index (χ3n) is 5.76. The van der Waals surface area contributed by atoms with Gasteiger partial charge >= 0.3 is 0 Å². The van der Waals surface area contributed by atoms with Crippen LogP contribution < -0.4 is 5.32 Å². The maximum atomic E-state index is 12.9. The Hall–Kier alpha value is -3.18. The molecule has 0 fully saturated rings. The second-order valence-electron chi connectivity index (χ2n) is 8.25. The second kappa shape index (κ2) is 9.75. The molecule has 3 aromatic rings. The van der Waals surface area contributed by atoms with Gasteiger partial charge in [0.1, 0.15) is 0 Å². The van der Waals surface area contributed by atoms with Crippen LogP contribution in [0, 0.1) is 27.7 Å². The van der Waals surface area contributed by atoms with Gasteiger partial charge in [0, 0.05) is 29.2 Å². The SMILES string of the molecule is Cc1cccc(NC(=O)CN(C)CC(=O)c2cc(C)n(Cc3ccccc3)c2C)c1C. The van der Waals surface area contributed by atoms with Crippen molar-refractivity contribution < 1.29 is 9.59 Å². The molecule has 2 aromatic carbocycles. The molecule has 1 N–H and O–H groups in total. The van der Waals surface area contributed by atoms with E-state index in [9.17, 15) is 9.59 Å². The minimum atomic E-state index is -0.126. The second-order valence-corrected chi connectivity index (χ2v) is 8.25. The van der Waals surface area contributed by atoms with E-state index in [4.69, 9.17) is 0 Å². The molecule has 0 radical (unpaired) electrons. The summed E-state index contributed by atoms with van der Waals surface area (Å²) < 4.78 is 2.16. The number of hydrogen-bond acceptors (Lipinski definition) is 3. The third kappa shape index (κ3) is 5.50. The first-order chi connectivity index (χ1) is 14.8. The number of aromatic nitrogens is 1. The number of aryl methyl sites for hydroxylation is 2. The molecular formula is C26H31N3O2. The Balaban J connectivity index is 1.62. The monoisotopic (exact) mass is 417 g/mol. The number of benzene rings is 2. The molecule has 1 heterocycles. The molecule has 0 aliphatic heterocycles. The molecule has 5 heteroatoms. The maximum absolute atomic E-state index is 12.9. The highest BCUT2D eigenvalue weighted by Gasteiger charge is 2.18. The van der Waals surface area contributed by atoms with Gasteiger partial charge in [-0.1, -0.05) is 42.5 Å². The fourth-order valence-electron chi connectivity index (χ4n) is 3.80. The summed E-state index contributed by atoms with van der Waals surface area (Å²) >= 11 is 0. The topological polar surface area (TPSA) is 54.3 Å². The van der Waals surface area contributed by atoms with Crippen LogP contribution in [0.3, 0.4) is 0 Å². The van der Waals surface area contributed by atoms with E-state index in [0.717, 1.165) is 40.3 Å².